The van der Waals surface area contributed by atoms with E-state index in [4.69, 9.17) is 0 Å². The molecule has 1 unspecified atom stereocenters. The lowest BCUT2D eigenvalue weighted by atomic mass is 9.99. The van der Waals surface area contributed by atoms with Gasteiger partial charge in [0.15, 0.2) is 0 Å². The normalized spacial score (nSPS) is 18.8. The molecule has 116 valence electrons. The number of hydrogen-bond acceptors (Lipinski definition) is 3. The second-order valence-corrected chi connectivity index (χ2v) is 7.21. The van der Waals surface area contributed by atoms with E-state index in [-0.39, 0.29) is 23.8 Å². The van der Waals surface area contributed by atoms with Gasteiger partial charge in [0.25, 0.3) is 5.91 Å². The Morgan fingerprint density at radius 1 is 1.36 bits per heavy atom. The van der Waals surface area contributed by atoms with Crippen LogP contribution in [0.2, 0.25) is 0 Å². The molecule has 5 heteroatoms. The highest BCUT2D eigenvalue weighted by Crippen LogP contribution is 2.28. The van der Waals surface area contributed by atoms with E-state index < -0.39 is 0 Å². The molecule has 1 aliphatic rings. The second kappa shape index (κ2) is 5.72. The number of fused-ring (bicyclic) bond motifs is 1. The first-order chi connectivity index (χ1) is 10.5. The van der Waals surface area contributed by atoms with Crippen molar-refractivity contribution in [2.75, 3.05) is 13.1 Å². The molecule has 0 aliphatic carbocycles. The lowest BCUT2D eigenvalue weighted by molar-refractivity contribution is -0.129. The third-order valence-electron chi connectivity index (χ3n) is 4.03. The first-order valence-corrected chi connectivity index (χ1v) is 8.38. The van der Waals surface area contributed by atoms with Crippen molar-refractivity contribution in [2.45, 2.75) is 26.8 Å². The van der Waals surface area contributed by atoms with E-state index in [1.165, 1.54) is 16.9 Å². The maximum atomic E-state index is 12.9. The topological polar surface area (TPSA) is 49.4 Å². The summed E-state index contributed by atoms with van der Waals surface area (Å²) in [6.07, 6.45) is 0. The highest BCUT2D eigenvalue weighted by molar-refractivity contribution is 7.20. The molecule has 0 saturated carbocycles. The molecule has 1 fully saturated rings. The van der Waals surface area contributed by atoms with Crippen LogP contribution in [0.4, 0.5) is 0 Å². The number of carbonyl (C=O) groups is 2. The van der Waals surface area contributed by atoms with E-state index in [2.05, 4.69) is 23.5 Å². The van der Waals surface area contributed by atoms with Crippen molar-refractivity contribution in [1.82, 2.24) is 10.2 Å². The Hall–Kier alpha value is -1.88. The highest BCUT2D eigenvalue weighted by Gasteiger charge is 2.36. The summed E-state index contributed by atoms with van der Waals surface area (Å²) in [5.41, 5.74) is 1.18. The van der Waals surface area contributed by atoms with Gasteiger partial charge in [0.1, 0.15) is 6.04 Å². The largest absolute Gasteiger partial charge is 0.353 e. The minimum atomic E-state index is -0.381. The van der Waals surface area contributed by atoms with E-state index >= 15 is 0 Å². The zero-order valence-electron chi connectivity index (χ0n) is 13.1. The van der Waals surface area contributed by atoms with Crippen LogP contribution in [0.5, 0.6) is 0 Å². The molecule has 22 heavy (non-hydrogen) atoms. The van der Waals surface area contributed by atoms with E-state index in [9.17, 15) is 9.59 Å². The Bertz CT molecular complexity index is 735. The van der Waals surface area contributed by atoms with Gasteiger partial charge in [-0.1, -0.05) is 31.5 Å². The van der Waals surface area contributed by atoms with Gasteiger partial charge in [-0.2, -0.15) is 0 Å². The Labute approximate surface area is 134 Å². The molecule has 0 radical (unpaired) electrons. The fourth-order valence-electron chi connectivity index (χ4n) is 2.98. The third-order valence-corrected chi connectivity index (χ3v) is 5.14. The lowest BCUT2D eigenvalue weighted by Gasteiger charge is -2.37. The average molecular weight is 316 g/mol. The summed E-state index contributed by atoms with van der Waals surface area (Å²) in [7, 11) is 0. The van der Waals surface area contributed by atoms with Gasteiger partial charge in [-0.3, -0.25) is 9.59 Å². The summed E-state index contributed by atoms with van der Waals surface area (Å²) in [5.74, 6) is 0.0137. The maximum Gasteiger partial charge on any atom is 0.264 e. The first kappa shape index (κ1) is 15.0. The van der Waals surface area contributed by atoms with Crippen molar-refractivity contribution in [1.29, 1.82) is 0 Å². The second-order valence-electron chi connectivity index (χ2n) is 6.13. The molecular formula is C17H20N2O2S. The molecule has 1 atom stereocenters. The number of amides is 2. The lowest BCUT2D eigenvalue weighted by Crippen LogP contribution is -2.59. The number of rotatable bonds is 2. The Balaban J connectivity index is 1.95. The molecule has 3 rings (SSSR count). The van der Waals surface area contributed by atoms with Crippen LogP contribution in [-0.4, -0.2) is 35.8 Å². The van der Waals surface area contributed by atoms with Gasteiger partial charge in [0.05, 0.1) is 4.88 Å². The predicted molar refractivity (Wildman–Crippen MR) is 89.2 cm³/mol. The van der Waals surface area contributed by atoms with Gasteiger partial charge in [0, 0.05) is 17.8 Å². The van der Waals surface area contributed by atoms with Gasteiger partial charge < -0.3 is 10.2 Å². The Morgan fingerprint density at radius 3 is 2.86 bits per heavy atom. The summed E-state index contributed by atoms with van der Waals surface area (Å²) < 4.78 is 1.11. The van der Waals surface area contributed by atoms with Gasteiger partial charge in [-0.15, -0.1) is 11.3 Å². The molecule has 0 spiro atoms. The molecular weight excluding hydrogens is 296 g/mol. The number of carbonyl (C=O) groups excluding carboxylic acids is 2. The minimum absolute atomic E-state index is 0.0348. The monoisotopic (exact) mass is 316 g/mol. The first-order valence-electron chi connectivity index (χ1n) is 7.56. The summed E-state index contributed by atoms with van der Waals surface area (Å²) in [6, 6.07) is 7.76. The number of nitrogens with one attached hydrogen (secondary N) is 1. The van der Waals surface area contributed by atoms with Crippen LogP contribution in [-0.2, 0) is 4.79 Å². The molecule has 4 nitrogen and oxygen atoms in total. The molecule has 2 amide bonds. The van der Waals surface area contributed by atoms with E-state index in [1.807, 2.05) is 26.8 Å². The SMILES string of the molecule is Cc1ccc2sc(C(=O)N3CCNC(=O)C3C(C)C)cc2c1. The van der Waals surface area contributed by atoms with Crippen molar-refractivity contribution in [2.24, 2.45) is 5.92 Å². The molecule has 1 aromatic heterocycles. The fourth-order valence-corrected chi connectivity index (χ4v) is 3.98. The number of aryl methyl sites for hydroxylation is 1. The van der Waals surface area contributed by atoms with Crippen molar-refractivity contribution < 1.29 is 9.59 Å². The highest BCUT2D eigenvalue weighted by atomic mass is 32.1. The molecule has 2 heterocycles. The number of nitrogens with zero attached hydrogens (tertiary/aromatic N) is 1. The minimum Gasteiger partial charge on any atom is -0.353 e. The fraction of sp³-hybridized carbons (Fsp3) is 0.412. The van der Waals surface area contributed by atoms with Crippen LogP contribution in [0, 0.1) is 12.8 Å². The summed E-state index contributed by atoms with van der Waals surface area (Å²) in [5, 5.41) is 3.95. The van der Waals surface area contributed by atoms with Crippen LogP contribution >= 0.6 is 11.3 Å². The molecule has 1 saturated heterocycles. The molecule has 1 aliphatic heterocycles. The number of thiophene rings is 1. The maximum absolute atomic E-state index is 12.9. The van der Waals surface area contributed by atoms with Gasteiger partial charge in [-0.05, 0) is 30.4 Å². The standard InChI is InChI=1S/C17H20N2O2S/c1-10(2)15-16(20)18-6-7-19(15)17(21)14-9-12-8-11(3)4-5-13(12)22-14/h4-5,8-10,15H,6-7H2,1-3H3,(H,18,20). The van der Waals surface area contributed by atoms with Gasteiger partial charge >= 0.3 is 0 Å². The zero-order valence-corrected chi connectivity index (χ0v) is 13.9. The number of hydrogen-bond donors (Lipinski definition) is 1. The molecule has 1 aromatic carbocycles. The number of piperazine rings is 1. The van der Waals surface area contributed by atoms with Crippen LogP contribution in [0.1, 0.15) is 29.1 Å². The molecule has 1 N–H and O–H groups in total. The summed E-state index contributed by atoms with van der Waals surface area (Å²) in [4.78, 5) is 27.4. The van der Waals surface area contributed by atoms with Crippen molar-refractivity contribution in [3.05, 3.63) is 34.7 Å². The smallest absolute Gasteiger partial charge is 0.264 e. The molecule has 2 aromatic rings. The quantitative estimate of drug-likeness (QED) is 0.926. The summed E-state index contributed by atoms with van der Waals surface area (Å²) >= 11 is 1.50. The van der Waals surface area contributed by atoms with Crippen molar-refractivity contribution in [3.63, 3.8) is 0 Å². The van der Waals surface area contributed by atoms with Crippen LogP contribution in [0.25, 0.3) is 10.1 Å². The van der Waals surface area contributed by atoms with Gasteiger partial charge in [0.2, 0.25) is 5.91 Å². The number of benzene rings is 1. The Morgan fingerprint density at radius 2 is 2.14 bits per heavy atom. The van der Waals surface area contributed by atoms with Crippen molar-refractivity contribution >= 4 is 33.2 Å². The van der Waals surface area contributed by atoms with Crippen LogP contribution in [0.15, 0.2) is 24.3 Å². The van der Waals surface area contributed by atoms with Crippen LogP contribution in [0.3, 0.4) is 0 Å². The predicted octanol–water partition coefficient (Wildman–Crippen LogP) is 2.81. The Kier molecular flexibility index (Phi) is 3.91. The molecule has 0 bridgehead atoms. The van der Waals surface area contributed by atoms with Crippen molar-refractivity contribution in [3.8, 4) is 0 Å². The summed E-state index contributed by atoms with van der Waals surface area (Å²) in [6.45, 7) is 7.09. The average Bonchev–Trinajstić information content (AvgIpc) is 2.88. The zero-order chi connectivity index (χ0) is 15.9. The van der Waals surface area contributed by atoms with E-state index in [1.54, 1.807) is 4.90 Å². The van der Waals surface area contributed by atoms with E-state index in [0.717, 1.165) is 10.1 Å². The third kappa shape index (κ3) is 2.61. The van der Waals surface area contributed by atoms with E-state index in [0.29, 0.717) is 18.0 Å². The van der Waals surface area contributed by atoms with Gasteiger partial charge in [-0.25, -0.2) is 0 Å². The van der Waals surface area contributed by atoms with Crippen LogP contribution < -0.4 is 5.32 Å².